The van der Waals surface area contributed by atoms with Crippen LogP contribution in [0, 0.1) is 11.3 Å². The molecule has 4 rings (SSSR count). The fourth-order valence-electron chi connectivity index (χ4n) is 2.92. The molecule has 0 fully saturated rings. The van der Waals surface area contributed by atoms with Crippen LogP contribution >= 0.6 is 11.6 Å². The lowest BCUT2D eigenvalue weighted by Crippen LogP contribution is -1.98. The van der Waals surface area contributed by atoms with Crippen molar-refractivity contribution < 1.29 is 4.74 Å². The van der Waals surface area contributed by atoms with E-state index in [1.165, 1.54) is 0 Å². The minimum Gasteiger partial charge on any atom is -0.456 e. The maximum atomic E-state index is 9.52. The average Bonchev–Trinajstić information content (AvgIpc) is 3.18. The van der Waals surface area contributed by atoms with Gasteiger partial charge < -0.3 is 9.30 Å². The minimum atomic E-state index is 0.473. The van der Waals surface area contributed by atoms with Gasteiger partial charge in [-0.05, 0) is 35.9 Å². The molecular formula is C23H16ClN3O. The molecule has 0 atom stereocenters. The highest BCUT2D eigenvalue weighted by Gasteiger charge is 2.08. The lowest BCUT2D eigenvalue weighted by molar-refractivity contribution is 0.481. The smallest absolute Gasteiger partial charge is 0.145 e. The molecule has 0 aliphatic carbocycles. The molecule has 0 N–H and O–H groups in total. The summed E-state index contributed by atoms with van der Waals surface area (Å²) < 4.78 is 7.82. The number of hydrogen-bond acceptors (Lipinski definition) is 3. The Morgan fingerprint density at radius 2 is 1.86 bits per heavy atom. The van der Waals surface area contributed by atoms with Crippen LogP contribution in [0.3, 0.4) is 0 Å². The first-order valence-electron chi connectivity index (χ1n) is 8.75. The fourth-order valence-corrected chi connectivity index (χ4v) is 3.10. The van der Waals surface area contributed by atoms with Crippen LogP contribution in [-0.2, 0) is 6.54 Å². The van der Waals surface area contributed by atoms with E-state index in [1.807, 2.05) is 59.3 Å². The molecular weight excluding hydrogens is 370 g/mol. The van der Waals surface area contributed by atoms with Gasteiger partial charge in [-0.1, -0.05) is 54.1 Å². The molecule has 0 radical (unpaired) electrons. The Morgan fingerprint density at radius 3 is 2.64 bits per heavy atom. The third kappa shape index (κ3) is 4.06. The maximum Gasteiger partial charge on any atom is 0.145 e. The Bertz CT molecular complexity index is 1150. The zero-order chi connectivity index (χ0) is 19.3. The molecule has 136 valence electrons. The normalized spacial score (nSPS) is 10.4. The van der Waals surface area contributed by atoms with Crippen molar-refractivity contribution in [2.45, 2.75) is 6.54 Å². The van der Waals surface area contributed by atoms with E-state index in [1.54, 1.807) is 30.6 Å². The Morgan fingerprint density at radius 1 is 1.00 bits per heavy atom. The number of rotatable bonds is 5. The van der Waals surface area contributed by atoms with E-state index in [-0.39, 0.29) is 0 Å². The van der Waals surface area contributed by atoms with Crippen molar-refractivity contribution >= 4 is 11.6 Å². The quantitative estimate of drug-likeness (QED) is 0.428. The summed E-state index contributed by atoms with van der Waals surface area (Å²) in [7, 11) is 0. The second-order valence-corrected chi connectivity index (χ2v) is 6.74. The van der Waals surface area contributed by atoms with Crippen LogP contribution in [0.1, 0.15) is 11.1 Å². The molecule has 0 amide bonds. The van der Waals surface area contributed by atoms with Crippen LogP contribution in [-0.4, -0.2) is 9.55 Å². The Kier molecular flexibility index (Phi) is 5.09. The van der Waals surface area contributed by atoms with Gasteiger partial charge in [-0.2, -0.15) is 5.26 Å². The fraction of sp³-hybridized carbons (Fsp3) is 0.0435. The van der Waals surface area contributed by atoms with Crippen LogP contribution in [0.5, 0.6) is 11.5 Å². The van der Waals surface area contributed by atoms with Crippen molar-refractivity contribution in [3.05, 3.63) is 101 Å². The molecule has 0 unspecified atom stereocenters. The molecule has 5 heteroatoms. The van der Waals surface area contributed by atoms with Crippen molar-refractivity contribution in [2.75, 3.05) is 0 Å². The molecule has 4 nitrogen and oxygen atoms in total. The van der Waals surface area contributed by atoms with Gasteiger partial charge in [0.25, 0.3) is 0 Å². The third-order valence-corrected chi connectivity index (χ3v) is 4.49. The van der Waals surface area contributed by atoms with Gasteiger partial charge in [0.1, 0.15) is 17.6 Å². The summed E-state index contributed by atoms with van der Waals surface area (Å²) in [5.74, 6) is 1.10. The van der Waals surface area contributed by atoms with Crippen molar-refractivity contribution in [3.63, 3.8) is 0 Å². The van der Waals surface area contributed by atoms with Crippen LogP contribution in [0.15, 0.2) is 85.3 Å². The van der Waals surface area contributed by atoms with Crippen LogP contribution in [0.25, 0.3) is 11.3 Å². The van der Waals surface area contributed by atoms with Crippen LogP contribution < -0.4 is 4.74 Å². The van der Waals surface area contributed by atoms with Crippen molar-refractivity contribution in [1.29, 1.82) is 5.26 Å². The summed E-state index contributed by atoms with van der Waals surface area (Å²) in [4.78, 5) is 4.47. The molecule has 0 aliphatic rings. The summed E-state index contributed by atoms with van der Waals surface area (Å²) >= 11 is 5.99. The molecule has 0 saturated carbocycles. The predicted molar refractivity (Wildman–Crippen MR) is 109 cm³/mol. The molecule has 0 saturated heterocycles. The van der Waals surface area contributed by atoms with E-state index in [0.29, 0.717) is 28.6 Å². The van der Waals surface area contributed by atoms with Gasteiger partial charge in [0.2, 0.25) is 0 Å². The first-order chi connectivity index (χ1) is 13.7. The largest absolute Gasteiger partial charge is 0.456 e. The van der Waals surface area contributed by atoms with Crippen molar-refractivity contribution in [3.8, 4) is 28.8 Å². The van der Waals surface area contributed by atoms with Gasteiger partial charge in [-0.25, -0.2) is 4.98 Å². The minimum absolute atomic E-state index is 0.473. The number of imidazole rings is 1. The highest BCUT2D eigenvalue weighted by molar-refractivity contribution is 6.30. The van der Waals surface area contributed by atoms with E-state index >= 15 is 0 Å². The highest BCUT2D eigenvalue weighted by atomic mass is 35.5. The van der Waals surface area contributed by atoms with Crippen molar-refractivity contribution in [1.82, 2.24) is 9.55 Å². The van der Waals surface area contributed by atoms with E-state index in [4.69, 9.17) is 16.3 Å². The van der Waals surface area contributed by atoms with Crippen LogP contribution in [0.2, 0.25) is 5.02 Å². The molecule has 0 spiro atoms. The standard InChI is InChI=1S/C23H16ClN3O/c24-20-7-4-8-21(12-20)28-23-10-9-17(11-19(23)13-25)14-27-15-22(26-16-27)18-5-2-1-3-6-18/h1-12,15-16H,14H2. The summed E-state index contributed by atoms with van der Waals surface area (Å²) in [5.41, 5.74) is 3.46. The average molecular weight is 386 g/mol. The van der Waals surface area contributed by atoms with E-state index in [0.717, 1.165) is 16.8 Å². The number of nitrogens with zero attached hydrogens (tertiary/aromatic N) is 3. The molecule has 1 heterocycles. The van der Waals surface area contributed by atoms with E-state index < -0.39 is 0 Å². The monoisotopic (exact) mass is 385 g/mol. The summed E-state index contributed by atoms with van der Waals surface area (Å²) in [6, 6.07) is 24.9. The molecule has 3 aromatic carbocycles. The van der Waals surface area contributed by atoms with Gasteiger partial charge in [0.05, 0.1) is 17.6 Å². The van der Waals surface area contributed by atoms with Crippen molar-refractivity contribution in [2.24, 2.45) is 0 Å². The highest BCUT2D eigenvalue weighted by Crippen LogP contribution is 2.28. The van der Waals surface area contributed by atoms with Gasteiger partial charge in [-0.15, -0.1) is 0 Å². The van der Waals surface area contributed by atoms with Gasteiger partial charge in [-0.3, -0.25) is 0 Å². The zero-order valence-corrected chi connectivity index (χ0v) is 15.7. The Labute approximate surface area is 168 Å². The maximum absolute atomic E-state index is 9.52. The number of hydrogen-bond donors (Lipinski definition) is 0. The molecule has 1 aromatic heterocycles. The summed E-state index contributed by atoms with van der Waals surface area (Å²) in [6.45, 7) is 0.617. The van der Waals surface area contributed by atoms with Gasteiger partial charge >= 0.3 is 0 Å². The predicted octanol–water partition coefficient (Wildman–Crippen LogP) is 5.92. The molecule has 4 aromatic rings. The Hall–Kier alpha value is -3.55. The van der Waals surface area contributed by atoms with E-state index in [2.05, 4.69) is 11.1 Å². The lowest BCUT2D eigenvalue weighted by Gasteiger charge is -2.10. The second-order valence-electron chi connectivity index (χ2n) is 6.30. The number of benzene rings is 3. The molecule has 28 heavy (non-hydrogen) atoms. The summed E-state index contributed by atoms with van der Waals surface area (Å²) in [6.07, 6.45) is 3.79. The Balaban J connectivity index is 1.53. The summed E-state index contributed by atoms with van der Waals surface area (Å²) in [5, 5.41) is 10.1. The third-order valence-electron chi connectivity index (χ3n) is 4.26. The molecule has 0 aliphatic heterocycles. The van der Waals surface area contributed by atoms with E-state index in [9.17, 15) is 5.26 Å². The number of halogens is 1. The molecule has 0 bridgehead atoms. The zero-order valence-electron chi connectivity index (χ0n) is 14.9. The first-order valence-corrected chi connectivity index (χ1v) is 9.13. The van der Waals surface area contributed by atoms with Gasteiger partial charge in [0, 0.05) is 23.3 Å². The van der Waals surface area contributed by atoms with Crippen LogP contribution in [0.4, 0.5) is 0 Å². The SMILES string of the molecule is N#Cc1cc(Cn2cnc(-c3ccccc3)c2)ccc1Oc1cccc(Cl)c1. The first kappa shape index (κ1) is 17.8. The number of aromatic nitrogens is 2. The lowest BCUT2D eigenvalue weighted by atomic mass is 10.1. The number of ether oxygens (including phenoxy) is 1. The topological polar surface area (TPSA) is 50.8 Å². The van der Waals surface area contributed by atoms with Gasteiger partial charge in [0.15, 0.2) is 0 Å². The number of nitriles is 1. The second kappa shape index (κ2) is 7.99.